The lowest BCUT2D eigenvalue weighted by Gasteiger charge is -2.19. The predicted octanol–water partition coefficient (Wildman–Crippen LogP) is 3.75. The molecule has 4 aromatic rings. The molecule has 1 amide bonds. The summed E-state index contributed by atoms with van der Waals surface area (Å²) >= 11 is 0. The molecule has 37 heavy (non-hydrogen) atoms. The number of aryl methyl sites for hydroxylation is 1. The van der Waals surface area contributed by atoms with Gasteiger partial charge in [-0.05, 0) is 30.7 Å². The van der Waals surface area contributed by atoms with Gasteiger partial charge >= 0.3 is 0 Å². The Bertz CT molecular complexity index is 1520. The van der Waals surface area contributed by atoms with Crippen LogP contribution in [-0.4, -0.2) is 73.5 Å². The van der Waals surface area contributed by atoms with Gasteiger partial charge in [0.15, 0.2) is 5.82 Å². The number of imidazole rings is 1. The van der Waals surface area contributed by atoms with Crippen LogP contribution in [0.1, 0.15) is 12.7 Å². The fourth-order valence-electron chi connectivity index (χ4n) is 4.58. The van der Waals surface area contributed by atoms with Gasteiger partial charge in [0.25, 0.3) is 12.3 Å². The highest BCUT2D eigenvalue weighted by Gasteiger charge is 2.49. The number of alkyl halides is 4. The van der Waals surface area contributed by atoms with Crippen molar-refractivity contribution in [2.45, 2.75) is 38.8 Å². The number of halogens is 5. The number of nitrogens with one attached hydrogen (secondary N) is 1. The lowest BCUT2D eigenvalue weighted by molar-refractivity contribution is -0.129. The second-order valence-corrected chi connectivity index (χ2v) is 8.81. The minimum atomic E-state index is -3.20. The van der Waals surface area contributed by atoms with Crippen molar-refractivity contribution in [3.63, 3.8) is 0 Å². The van der Waals surface area contributed by atoms with Crippen LogP contribution in [0.4, 0.5) is 27.9 Å². The normalized spacial score (nSPS) is 17.3. The zero-order valence-electron chi connectivity index (χ0n) is 20.0. The Labute approximate surface area is 206 Å². The van der Waals surface area contributed by atoms with Crippen LogP contribution < -0.4 is 10.1 Å². The number of hydrogen-bond acceptors (Lipinski definition) is 6. The molecule has 9 nitrogen and oxygen atoms in total. The highest BCUT2D eigenvalue weighted by molar-refractivity contribution is 5.90. The summed E-state index contributed by atoms with van der Waals surface area (Å²) in [5.74, 6) is -4.27. The van der Waals surface area contributed by atoms with Gasteiger partial charge in [0.05, 0.1) is 25.7 Å². The molecule has 5 rings (SSSR count). The molecular formula is C23H22F5N7O2. The highest BCUT2D eigenvalue weighted by atomic mass is 19.3. The van der Waals surface area contributed by atoms with Gasteiger partial charge in [-0.3, -0.25) is 4.79 Å². The number of methoxy groups -OCH3 is 1. The monoisotopic (exact) mass is 523 g/mol. The number of hydrogen-bond donors (Lipinski definition) is 1. The lowest BCUT2D eigenvalue weighted by Crippen LogP contribution is -2.38. The molecule has 14 heteroatoms. The first kappa shape index (κ1) is 24.7. The van der Waals surface area contributed by atoms with Crippen molar-refractivity contribution in [3.05, 3.63) is 36.0 Å². The number of rotatable bonds is 6. The average molecular weight is 523 g/mol. The van der Waals surface area contributed by atoms with Gasteiger partial charge in [-0.25, -0.2) is 31.5 Å². The standard InChI is InChI=1S/C23H22F5N7O2/c1-11-29-19-15(24)6-13(7-16(19)34(11)9-18(25)26)14-4-5-35-20(14)21(37-3)31-22(32-35)30-17-8-33(12(2)36)10-23(17,27)28/h4-7,17-18H,8-10H2,1-3H3,(H,30,32)/t17-/m1/s1. The van der Waals surface area contributed by atoms with Gasteiger partial charge in [0.2, 0.25) is 17.7 Å². The van der Waals surface area contributed by atoms with E-state index in [4.69, 9.17) is 4.74 Å². The first-order valence-corrected chi connectivity index (χ1v) is 11.3. The van der Waals surface area contributed by atoms with E-state index in [-0.39, 0.29) is 35.2 Å². The highest BCUT2D eigenvalue weighted by Crippen LogP contribution is 2.35. The number of nitrogens with zero attached hydrogens (tertiary/aromatic N) is 6. The quantitative estimate of drug-likeness (QED) is 0.388. The number of anilines is 1. The van der Waals surface area contributed by atoms with E-state index in [9.17, 15) is 26.7 Å². The molecule has 0 aliphatic carbocycles. The Balaban J connectivity index is 1.56. The Kier molecular flexibility index (Phi) is 5.91. The second kappa shape index (κ2) is 8.85. The Morgan fingerprint density at radius 3 is 2.70 bits per heavy atom. The number of carbonyl (C=O) groups is 1. The molecule has 0 saturated carbocycles. The van der Waals surface area contributed by atoms with E-state index in [2.05, 4.69) is 20.4 Å². The molecular weight excluding hydrogens is 501 g/mol. The van der Waals surface area contributed by atoms with Crippen LogP contribution in [0.25, 0.3) is 27.7 Å². The van der Waals surface area contributed by atoms with Crippen molar-refractivity contribution >= 4 is 28.4 Å². The number of fused-ring (bicyclic) bond motifs is 2. The summed E-state index contributed by atoms with van der Waals surface area (Å²) < 4.78 is 78.1. The Hall–Kier alpha value is -3.97. The molecule has 1 N–H and O–H groups in total. The minimum Gasteiger partial charge on any atom is -0.479 e. The summed E-state index contributed by atoms with van der Waals surface area (Å²) in [4.78, 5) is 20.9. The summed E-state index contributed by atoms with van der Waals surface area (Å²) in [6.45, 7) is 1.14. The van der Waals surface area contributed by atoms with Crippen LogP contribution in [0.5, 0.6) is 5.88 Å². The van der Waals surface area contributed by atoms with Crippen LogP contribution in [0, 0.1) is 12.7 Å². The molecule has 1 saturated heterocycles. The van der Waals surface area contributed by atoms with E-state index >= 15 is 0 Å². The third kappa shape index (κ3) is 4.29. The zero-order valence-corrected chi connectivity index (χ0v) is 20.0. The molecule has 4 heterocycles. The van der Waals surface area contributed by atoms with Crippen LogP contribution in [-0.2, 0) is 11.3 Å². The minimum absolute atomic E-state index is 0.0139. The molecule has 0 spiro atoms. The van der Waals surface area contributed by atoms with Gasteiger partial charge in [-0.1, -0.05) is 0 Å². The molecule has 1 atom stereocenters. The van der Waals surface area contributed by atoms with Crippen molar-refractivity contribution in [1.82, 2.24) is 29.0 Å². The maximum Gasteiger partial charge on any atom is 0.286 e. The molecule has 196 valence electrons. The topological polar surface area (TPSA) is 89.6 Å². The van der Waals surface area contributed by atoms with Gasteiger partial charge in [0, 0.05) is 25.2 Å². The van der Waals surface area contributed by atoms with Crippen molar-refractivity contribution in [2.24, 2.45) is 0 Å². The van der Waals surface area contributed by atoms with E-state index in [0.717, 1.165) is 4.90 Å². The van der Waals surface area contributed by atoms with Crippen molar-refractivity contribution in [2.75, 3.05) is 25.5 Å². The lowest BCUT2D eigenvalue weighted by atomic mass is 10.1. The fourth-order valence-corrected chi connectivity index (χ4v) is 4.58. The number of aromatic nitrogens is 5. The zero-order chi connectivity index (χ0) is 26.6. The van der Waals surface area contributed by atoms with Crippen LogP contribution in [0.15, 0.2) is 24.4 Å². The second-order valence-electron chi connectivity index (χ2n) is 8.81. The van der Waals surface area contributed by atoms with E-state index in [1.54, 1.807) is 6.07 Å². The average Bonchev–Trinajstić information content (AvgIpc) is 3.47. The van der Waals surface area contributed by atoms with Crippen molar-refractivity contribution in [1.29, 1.82) is 0 Å². The molecule has 0 bridgehead atoms. The number of benzene rings is 1. The van der Waals surface area contributed by atoms with Crippen molar-refractivity contribution in [3.8, 4) is 17.0 Å². The predicted molar refractivity (Wildman–Crippen MR) is 124 cm³/mol. The van der Waals surface area contributed by atoms with Gasteiger partial charge < -0.3 is 19.5 Å². The van der Waals surface area contributed by atoms with Crippen LogP contribution in [0.3, 0.4) is 0 Å². The van der Waals surface area contributed by atoms with E-state index in [0.29, 0.717) is 16.6 Å². The molecule has 1 aliphatic heterocycles. The Morgan fingerprint density at radius 2 is 2.05 bits per heavy atom. The summed E-state index contributed by atoms with van der Waals surface area (Å²) in [5, 5.41) is 6.83. The van der Waals surface area contributed by atoms with Crippen molar-refractivity contribution < 1.29 is 31.5 Å². The maximum atomic E-state index is 15.0. The Morgan fingerprint density at radius 1 is 1.30 bits per heavy atom. The van der Waals surface area contributed by atoms with Gasteiger partial charge in [-0.15, -0.1) is 5.10 Å². The molecule has 0 radical (unpaired) electrons. The fraction of sp³-hybridized carbons (Fsp3) is 0.391. The van der Waals surface area contributed by atoms with Crippen LogP contribution >= 0.6 is 0 Å². The number of likely N-dealkylation sites (tertiary alicyclic amines) is 1. The first-order chi connectivity index (χ1) is 17.5. The third-order valence-corrected chi connectivity index (χ3v) is 6.37. The molecule has 3 aromatic heterocycles. The molecule has 1 aromatic carbocycles. The smallest absolute Gasteiger partial charge is 0.286 e. The summed E-state index contributed by atoms with van der Waals surface area (Å²) in [5.41, 5.74) is 1.25. The summed E-state index contributed by atoms with van der Waals surface area (Å²) in [7, 11) is 1.33. The molecule has 1 fully saturated rings. The number of amides is 1. The maximum absolute atomic E-state index is 15.0. The number of carbonyl (C=O) groups excluding carboxylic acids is 1. The van der Waals surface area contributed by atoms with Gasteiger partial charge in [-0.2, -0.15) is 4.98 Å². The first-order valence-electron chi connectivity index (χ1n) is 11.3. The van der Waals surface area contributed by atoms with Gasteiger partial charge in [0.1, 0.15) is 22.9 Å². The van der Waals surface area contributed by atoms with E-state index in [1.807, 2.05) is 0 Å². The number of ether oxygens (including phenoxy) is 1. The van der Waals surface area contributed by atoms with E-state index in [1.165, 1.54) is 48.4 Å². The largest absolute Gasteiger partial charge is 0.479 e. The third-order valence-electron chi connectivity index (χ3n) is 6.37. The van der Waals surface area contributed by atoms with Crippen LogP contribution in [0.2, 0.25) is 0 Å². The molecule has 1 aliphatic rings. The molecule has 0 unspecified atom stereocenters. The summed E-state index contributed by atoms with van der Waals surface area (Å²) in [6.07, 6.45) is -1.15. The SMILES string of the molecule is COc1nc(N[C@@H]2CN(C(C)=O)CC2(F)F)nn2ccc(-c3cc(F)c4nc(C)n(CC(F)F)c4c3)c12. The van der Waals surface area contributed by atoms with E-state index < -0.39 is 43.2 Å². The summed E-state index contributed by atoms with van der Waals surface area (Å²) in [6, 6.07) is 2.94.